The molecule has 2 aromatic carbocycles. The number of carbonyl (C=O) groups is 2. The first-order valence-corrected chi connectivity index (χ1v) is 19.8. The van der Waals surface area contributed by atoms with E-state index < -0.39 is 26.5 Å². The number of carbonyl (C=O) groups excluding carboxylic acids is 2. The van der Waals surface area contributed by atoms with Gasteiger partial charge in [-0.15, -0.1) is 0 Å². The molecule has 2 aromatic rings. The number of hydrogen-bond donors (Lipinski definition) is 0. The molecule has 0 bridgehead atoms. The van der Waals surface area contributed by atoms with E-state index in [-0.39, 0.29) is 32.9 Å². The highest BCUT2D eigenvalue weighted by molar-refractivity contribution is 7.91. The Balaban J connectivity index is 2.83. The standard InChI is InChI=1S/C28H42O6SSi2/c1-9-36(10-2,11-3)33-25-19-23(21(7)29)15-17-27(25)35(31,32)28-18-16-24(22(8)30)20-26(28)34-37(12-4,13-5)14-6/h15-20H,9-14H2,1-8H3. The van der Waals surface area contributed by atoms with Crippen LogP contribution >= 0.6 is 0 Å². The van der Waals surface area contributed by atoms with Gasteiger partial charge < -0.3 is 8.85 Å². The molecule has 0 N–H and O–H groups in total. The van der Waals surface area contributed by atoms with Gasteiger partial charge in [-0.1, -0.05) is 41.5 Å². The van der Waals surface area contributed by atoms with E-state index in [4.69, 9.17) is 8.85 Å². The minimum absolute atomic E-state index is 0.0157. The fourth-order valence-corrected chi connectivity index (χ4v) is 11.3. The van der Waals surface area contributed by atoms with Gasteiger partial charge in [0, 0.05) is 11.1 Å². The van der Waals surface area contributed by atoms with Crippen molar-refractivity contribution in [3.05, 3.63) is 47.5 Å². The average molecular weight is 563 g/mol. The third-order valence-electron chi connectivity index (χ3n) is 7.80. The van der Waals surface area contributed by atoms with Crippen molar-refractivity contribution < 1.29 is 26.9 Å². The van der Waals surface area contributed by atoms with Gasteiger partial charge in [-0.2, -0.15) is 0 Å². The maximum atomic E-state index is 14.2. The number of Topliss-reactive ketones (excluding diaryl/α,β-unsaturated/α-hetero) is 2. The first-order chi connectivity index (χ1) is 17.4. The largest absolute Gasteiger partial charge is 0.543 e. The molecule has 0 radical (unpaired) electrons. The van der Waals surface area contributed by atoms with Crippen LogP contribution in [0.2, 0.25) is 36.3 Å². The molecule has 0 aliphatic heterocycles. The summed E-state index contributed by atoms with van der Waals surface area (Å²) in [6.07, 6.45) is 0. The van der Waals surface area contributed by atoms with Gasteiger partial charge in [0.25, 0.3) is 16.6 Å². The molecular formula is C28H42O6SSi2. The number of sulfone groups is 1. The van der Waals surface area contributed by atoms with Crippen LogP contribution in [-0.2, 0) is 9.84 Å². The summed E-state index contributed by atoms with van der Waals surface area (Å²) in [6, 6.07) is 14.1. The van der Waals surface area contributed by atoms with Crippen molar-refractivity contribution in [3.8, 4) is 11.5 Å². The smallest absolute Gasteiger partial charge is 0.250 e. The highest BCUT2D eigenvalue weighted by Crippen LogP contribution is 2.39. The Hall–Kier alpha value is -2.24. The molecule has 0 amide bonds. The monoisotopic (exact) mass is 562 g/mol. The minimum Gasteiger partial charge on any atom is -0.543 e. The second-order valence-corrected chi connectivity index (χ2v) is 20.9. The third-order valence-corrected chi connectivity index (χ3v) is 18.7. The van der Waals surface area contributed by atoms with E-state index in [0.29, 0.717) is 11.1 Å². The van der Waals surface area contributed by atoms with Crippen molar-refractivity contribution in [2.45, 2.75) is 101 Å². The lowest BCUT2D eigenvalue weighted by Gasteiger charge is -2.31. The molecule has 0 aromatic heterocycles. The SMILES string of the molecule is CC[Si](CC)(CC)Oc1cc(C(C)=O)ccc1S(=O)(=O)c1ccc(C(C)=O)cc1O[Si](CC)(CC)CC. The molecule has 204 valence electrons. The molecule has 6 nitrogen and oxygen atoms in total. The zero-order valence-corrected chi connectivity index (χ0v) is 26.4. The Morgan fingerprint density at radius 3 is 1.16 bits per heavy atom. The molecule has 9 heteroatoms. The second-order valence-electron chi connectivity index (χ2n) is 9.63. The summed E-state index contributed by atoms with van der Waals surface area (Å²) in [6.45, 7) is 15.3. The summed E-state index contributed by atoms with van der Waals surface area (Å²) >= 11 is 0. The molecule has 0 aliphatic rings. The number of hydrogen-bond acceptors (Lipinski definition) is 6. The quantitative estimate of drug-likeness (QED) is 0.173. The molecule has 0 saturated heterocycles. The van der Waals surface area contributed by atoms with Gasteiger partial charge in [-0.3, -0.25) is 9.59 Å². The van der Waals surface area contributed by atoms with E-state index in [1.54, 1.807) is 12.1 Å². The Bertz CT molecular complexity index is 1130. The molecule has 0 saturated carbocycles. The predicted molar refractivity (Wildman–Crippen MR) is 154 cm³/mol. The van der Waals surface area contributed by atoms with E-state index in [1.165, 1.54) is 38.1 Å². The predicted octanol–water partition coefficient (Wildman–Crippen LogP) is 7.69. The van der Waals surface area contributed by atoms with Gasteiger partial charge in [0.1, 0.15) is 21.3 Å². The van der Waals surface area contributed by atoms with Gasteiger partial charge in [-0.25, -0.2) is 8.42 Å². The lowest BCUT2D eigenvalue weighted by molar-refractivity contribution is 0.100. The topological polar surface area (TPSA) is 86.7 Å². The van der Waals surface area contributed by atoms with Crippen molar-refractivity contribution in [3.63, 3.8) is 0 Å². The van der Waals surface area contributed by atoms with E-state index in [9.17, 15) is 18.0 Å². The normalized spacial score (nSPS) is 12.3. The zero-order chi connectivity index (χ0) is 28.0. The van der Waals surface area contributed by atoms with Gasteiger partial charge in [0.05, 0.1) is 0 Å². The van der Waals surface area contributed by atoms with E-state index in [1.807, 2.05) is 0 Å². The van der Waals surface area contributed by atoms with E-state index in [0.717, 1.165) is 36.3 Å². The lowest BCUT2D eigenvalue weighted by atomic mass is 10.1. The number of rotatable bonds is 14. The summed E-state index contributed by atoms with van der Waals surface area (Å²) in [5.41, 5.74) is 0.802. The zero-order valence-electron chi connectivity index (χ0n) is 23.6. The Morgan fingerprint density at radius 1 is 0.622 bits per heavy atom. The van der Waals surface area contributed by atoms with Gasteiger partial charge >= 0.3 is 0 Å². The number of benzene rings is 2. The molecule has 0 fully saturated rings. The van der Waals surface area contributed by atoms with E-state index >= 15 is 0 Å². The maximum Gasteiger partial charge on any atom is 0.250 e. The van der Waals surface area contributed by atoms with Crippen molar-refractivity contribution in [1.82, 2.24) is 0 Å². The van der Waals surface area contributed by atoms with Crippen LogP contribution in [0.3, 0.4) is 0 Å². The van der Waals surface area contributed by atoms with Crippen LogP contribution in [0.4, 0.5) is 0 Å². The van der Waals surface area contributed by atoms with Crippen molar-refractivity contribution >= 4 is 38.0 Å². The van der Waals surface area contributed by atoms with Crippen molar-refractivity contribution in [2.75, 3.05) is 0 Å². The Kier molecular flexibility index (Phi) is 10.5. The van der Waals surface area contributed by atoms with Crippen LogP contribution in [0.1, 0.15) is 76.1 Å². The van der Waals surface area contributed by atoms with Gasteiger partial charge in [0.15, 0.2) is 11.6 Å². The van der Waals surface area contributed by atoms with Crippen LogP contribution in [-0.4, -0.2) is 36.6 Å². The third kappa shape index (κ3) is 6.61. The highest BCUT2D eigenvalue weighted by Gasteiger charge is 2.37. The van der Waals surface area contributed by atoms with E-state index in [2.05, 4.69) is 41.5 Å². The van der Waals surface area contributed by atoms with Crippen LogP contribution in [0.5, 0.6) is 11.5 Å². The summed E-state index contributed by atoms with van der Waals surface area (Å²) in [4.78, 5) is 24.4. The molecule has 0 atom stereocenters. The Morgan fingerprint density at radius 2 is 0.919 bits per heavy atom. The molecule has 0 heterocycles. The first-order valence-electron chi connectivity index (χ1n) is 13.3. The molecule has 2 rings (SSSR count). The summed E-state index contributed by atoms with van der Waals surface area (Å²) in [5.74, 6) is 0.114. The second kappa shape index (κ2) is 12.5. The summed E-state index contributed by atoms with van der Waals surface area (Å²) in [7, 11) is -8.64. The van der Waals surface area contributed by atoms with Crippen LogP contribution in [0, 0.1) is 0 Å². The maximum absolute atomic E-state index is 14.2. The fraction of sp³-hybridized carbons (Fsp3) is 0.500. The Labute approximate surface area is 225 Å². The summed E-state index contributed by atoms with van der Waals surface area (Å²) in [5, 5.41) is 0. The summed E-state index contributed by atoms with van der Waals surface area (Å²) < 4.78 is 41.6. The molecule has 37 heavy (non-hydrogen) atoms. The fourth-order valence-electron chi connectivity index (χ4n) is 4.58. The van der Waals surface area contributed by atoms with Crippen LogP contribution < -0.4 is 8.85 Å². The van der Waals surface area contributed by atoms with Gasteiger partial charge in [-0.05, 0) is 86.5 Å². The van der Waals surface area contributed by atoms with Gasteiger partial charge in [0.2, 0.25) is 9.84 Å². The highest BCUT2D eigenvalue weighted by atomic mass is 32.2. The first kappa shape index (κ1) is 31.0. The molecule has 0 aliphatic carbocycles. The average Bonchev–Trinajstić information content (AvgIpc) is 2.90. The minimum atomic E-state index is -4.11. The van der Waals surface area contributed by atoms with Crippen molar-refractivity contribution in [2.24, 2.45) is 0 Å². The van der Waals surface area contributed by atoms with Crippen LogP contribution in [0.15, 0.2) is 46.2 Å². The molecule has 0 unspecified atom stereocenters. The van der Waals surface area contributed by atoms with Crippen LogP contribution in [0.25, 0.3) is 0 Å². The lowest BCUT2D eigenvalue weighted by Crippen LogP contribution is -2.40. The molecular weight excluding hydrogens is 521 g/mol. The van der Waals surface area contributed by atoms with Crippen molar-refractivity contribution in [1.29, 1.82) is 0 Å². The number of ketones is 2. The molecule has 0 spiro atoms.